The quantitative estimate of drug-likeness (QED) is 0.232. The third kappa shape index (κ3) is 5.47. The Morgan fingerprint density at radius 2 is 2.00 bits per heavy atom. The minimum atomic E-state index is -0.663. The molecule has 3 aromatic rings. The number of piperidine rings is 1. The molecule has 1 aliphatic rings. The highest BCUT2D eigenvalue weighted by Crippen LogP contribution is 2.33. The number of carbonyl (C=O) groups excluding carboxylic acids is 2. The summed E-state index contributed by atoms with van der Waals surface area (Å²) >= 11 is 2.16. The van der Waals surface area contributed by atoms with Crippen LogP contribution in [-0.2, 0) is 0 Å². The fraction of sp³-hybridized carbons (Fsp3) is 0.280. The molecule has 5 N–H and O–H groups in total. The zero-order valence-corrected chi connectivity index (χ0v) is 21.4. The summed E-state index contributed by atoms with van der Waals surface area (Å²) in [6, 6.07) is 10.4. The van der Waals surface area contributed by atoms with Gasteiger partial charge < -0.3 is 16.9 Å². The first-order chi connectivity index (χ1) is 16.9. The van der Waals surface area contributed by atoms with Gasteiger partial charge in [0.1, 0.15) is 17.3 Å². The molecule has 0 spiro atoms. The number of nitrogens with one attached hydrogen (secondary N) is 1. The Morgan fingerprint density at radius 1 is 1.23 bits per heavy atom. The molecule has 1 saturated heterocycles. The monoisotopic (exact) mass is 583 g/mol. The lowest BCUT2D eigenvalue weighted by molar-refractivity contribution is 0.0990. The van der Waals surface area contributed by atoms with Crippen LogP contribution in [0.1, 0.15) is 58.9 Å². The maximum Gasteiger partial charge on any atom is 0.269 e. The first-order valence-corrected chi connectivity index (χ1v) is 12.3. The van der Waals surface area contributed by atoms with Gasteiger partial charge in [-0.15, -0.1) is 5.92 Å². The summed E-state index contributed by atoms with van der Waals surface area (Å²) in [4.78, 5) is 36.2. The van der Waals surface area contributed by atoms with E-state index in [2.05, 4.69) is 49.6 Å². The predicted octanol–water partition coefficient (Wildman–Crippen LogP) is 3.17. The van der Waals surface area contributed by atoms with Crippen molar-refractivity contribution in [2.45, 2.75) is 32.2 Å². The van der Waals surface area contributed by atoms with Crippen LogP contribution < -0.4 is 16.9 Å². The molecule has 1 aromatic carbocycles. The Hall–Kier alpha value is -3.43. The fourth-order valence-corrected chi connectivity index (χ4v) is 4.67. The number of halogens is 1. The third-order valence-corrected chi connectivity index (χ3v) is 6.60. The summed E-state index contributed by atoms with van der Waals surface area (Å²) in [5, 5.41) is 2.78. The normalized spacial score (nSPS) is 15.8. The predicted molar refractivity (Wildman–Crippen MR) is 143 cm³/mol. The second-order valence-electron chi connectivity index (χ2n) is 8.20. The molecule has 1 aliphatic heterocycles. The number of hydrogen-bond donors (Lipinski definition) is 3. The van der Waals surface area contributed by atoms with Crippen molar-refractivity contribution in [1.29, 1.82) is 0 Å². The van der Waals surface area contributed by atoms with E-state index < -0.39 is 5.91 Å². The van der Waals surface area contributed by atoms with Crippen LogP contribution in [0.25, 0.3) is 11.3 Å². The summed E-state index contributed by atoms with van der Waals surface area (Å²) in [7, 11) is 0. The smallest absolute Gasteiger partial charge is 0.269 e. The number of anilines is 1. The minimum Gasteiger partial charge on any atom is -0.364 e. The van der Waals surface area contributed by atoms with E-state index >= 15 is 0 Å². The van der Waals surface area contributed by atoms with E-state index in [-0.39, 0.29) is 17.6 Å². The molecule has 9 nitrogen and oxygen atoms in total. The number of nitrogens with two attached hydrogens (primary N) is 2. The second kappa shape index (κ2) is 10.9. The highest BCUT2D eigenvalue weighted by molar-refractivity contribution is 14.1. The van der Waals surface area contributed by atoms with Crippen LogP contribution in [-0.4, -0.2) is 44.4 Å². The van der Waals surface area contributed by atoms with Crippen LogP contribution in [0.15, 0.2) is 42.6 Å². The number of imidazole rings is 1. The molecule has 0 saturated carbocycles. The van der Waals surface area contributed by atoms with Crippen molar-refractivity contribution in [2.24, 2.45) is 5.73 Å². The number of aromatic nitrogens is 3. The summed E-state index contributed by atoms with van der Waals surface area (Å²) in [5.41, 5.74) is 7.31. The van der Waals surface area contributed by atoms with E-state index in [1.807, 2.05) is 13.0 Å². The average molecular weight is 583 g/mol. The summed E-state index contributed by atoms with van der Waals surface area (Å²) in [6.07, 6.45) is 4.61. The van der Waals surface area contributed by atoms with Gasteiger partial charge in [-0.2, -0.15) is 0 Å². The van der Waals surface area contributed by atoms with Crippen LogP contribution >= 0.6 is 22.6 Å². The number of carbonyl (C=O) groups is 2. The molecule has 0 bridgehead atoms. The molecule has 10 heteroatoms. The summed E-state index contributed by atoms with van der Waals surface area (Å²) in [5.74, 6) is 12.5. The van der Waals surface area contributed by atoms with Gasteiger partial charge in [0.15, 0.2) is 5.69 Å². The lowest BCUT2D eigenvalue weighted by atomic mass is 10.0. The van der Waals surface area contributed by atoms with Crippen LogP contribution in [0, 0.1) is 15.4 Å². The summed E-state index contributed by atoms with van der Waals surface area (Å²) in [6.45, 7) is 3.30. The number of nitrogen functional groups attached to an aromatic ring is 1. The van der Waals surface area contributed by atoms with Gasteiger partial charge in [-0.1, -0.05) is 24.5 Å². The van der Waals surface area contributed by atoms with Crippen LogP contribution in [0.3, 0.4) is 0 Å². The lowest BCUT2D eigenvalue weighted by Crippen LogP contribution is -2.37. The van der Waals surface area contributed by atoms with E-state index in [9.17, 15) is 9.59 Å². The van der Waals surface area contributed by atoms with Crippen molar-refractivity contribution in [2.75, 3.05) is 24.2 Å². The SMILES string of the molecule is CC#CCN1CCCCC1c1nc(-c2ccc(C(=O)Nc3cc(I)ccn3)cc2)c(C(N)=O)n1N. The van der Waals surface area contributed by atoms with Gasteiger partial charge in [0.25, 0.3) is 11.8 Å². The molecule has 35 heavy (non-hydrogen) atoms. The Kier molecular flexibility index (Phi) is 7.67. The maximum absolute atomic E-state index is 12.7. The van der Waals surface area contributed by atoms with Crippen LogP contribution in [0.5, 0.6) is 0 Å². The lowest BCUT2D eigenvalue weighted by Gasteiger charge is -2.33. The fourth-order valence-electron chi connectivity index (χ4n) is 4.22. The first kappa shape index (κ1) is 24.7. The number of nitrogens with zero attached hydrogens (tertiary/aromatic N) is 4. The second-order valence-corrected chi connectivity index (χ2v) is 9.45. The number of amides is 2. The van der Waals surface area contributed by atoms with E-state index in [1.165, 1.54) is 4.68 Å². The van der Waals surface area contributed by atoms with Crippen molar-refractivity contribution in [3.63, 3.8) is 0 Å². The Balaban J connectivity index is 1.63. The molecule has 4 rings (SSSR count). The molecular weight excluding hydrogens is 557 g/mol. The number of hydrogen-bond acceptors (Lipinski definition) is 6. The molecule has 0 radical (unpaired) electrons. The van der Waals surface area contributed by atoms with Gasteiger partial charge in [-0.05, 0) is 73.2 Å². The Labute approximate surface area is 217 Å². The van der Waals surface area contributed by atoms with Crippen molar-refractivity contribution in [3.8, 4) is 23.1 Å². The highest BCUT2D eigenvalue weighted by Gasteiger charge is 2.31. The van der Waals surface area contributed by atoms with E-state index in [4.69, 9.17) is 16.6 Å². The highest BCUT2D eigenvalue weighted by atomic mass is 127. The van der Waals surface area contributed by atoms with E-state index in [1.54, 1.807) is 36.5 Å². The number of likely N-dealkylation sites (tertiary alicyclic amines) is 1. The molecule has 2 amide bonds. The van der Waals surface area contributed by atoms with Crippen molar-refractivity contribution >= 4 is 40.2 Å². The standard InChI is InChI=1S/C25H26IN7O2/c1-2-3-13-32-14-5-4-6-19(32)24-31-21(22(23(27)34)33(24)28)16-7-9-17(10-8-16)25(35)30-20-15-18(26)11-12-29-20/h7-12,15,19H,4-6,13-14,28H2,1H3,(H2,27,34)(H,29,30,35). The number of rotatable bonds is 6. The van der Waals surface area contributed by atoms with Crippen molar-refractivity contribution in [1.82, 2.24) is 19.5 Å². The zero-order chi connectivity index (χ0) is 24.9. The largest absolute Gasteiger partial charge is 0.364 e. The molecule has 180 valence electrons. The number of pyridine rings is 1. The van der Waals surface area contributed by atoms with Crippen LogP contribution in [0.4, 0.5) is 5.82 Å². The average Bonchev–Trinajstić information content (AvgIpc) is 3.20. The van der Waals surface area contributed by atoms with Gasteiger partial charge in [0.05, 0.1) is 12.6 Å². The minimum absolute atomic E-state index is 0.0623. The molecule has 3 heterocycles. The van der Waals surface area contributed by atoms with E-state index in [0.29, 0.717) is 35.0 Å². The van der Waals surface area contributed by atoms with Gasteiger partial charge in [-0.25, -0.2) is 14.6 Å². The van der Waals surface area contributed by atoms with Gasteiger partial charge in [0.2, 0.25) is 0 Å². The molecule has 1 atom stereocenters. The number of benzene rings is 1. The van der Waals surface area contributed by atoms with Gasteiger partial charge in [0, 0.05) is 20.9 Å². The van der Waals surface area contributed by atoms with Crippen molar-refractivity contribution in [3.05, 3.63) is 63.2 Å². The van der Waals surface area contributed by atoms with Crippen molar-refractivity contribution < 1.29 is 9.59 Å². The third-order valence-electron chi connectivity index (χ3n) is 5.93. The topological polar surface area (TPSA) is 132 Å². The maximum atomic E-state index is 12.7. The van der Waals surface area contributed by atoms with Crippen LogP contribution in [0.2, 0.25) is 0 Å². The molecular formula is C25H26IN7O2. The Morgan fingerprint density at radius 3 is 2.69 bits per heavy atom. The molecule has 1 fully saturated rings. The summed E-state index contributed by atoms with van der Waals surface area (Å²) < 4.78 is 2.28. The molecule has 0 aliphatic carbocycles. The molecule has 2 aromatic heterocycles. The van der Waals surface area contributed by atoms with E-state index in [0.717, 1.165) is 29.4 Å². The Bertz CT molecular complexity index is 1310. The zero-order valence-electron chi connectivity index (χ0n) is 19.3. The van der Waals surface area contributed by atoms with Gasteiger partial charge in [-0.3, -0.25) is 14.5 Å². The first-order valence-electron chi connectivity index (χ1n) is 11.2. The number of primary amides is 1. The molecule has 1 unspecified atom stereocenters. The van der Waals surface area contributed by atoms with Gasteiger partial charge >= 0.3 is 0 Å².